The maximum Gasteiger partial charge on any atom is 0.317 e. The van der Waals surface area contributed by atoms with Gasteiger partial charge in [0.1, 0.15) is 0 Å². The number of nitrogens with zero attached hydrogens (tertiary/aromatic N) is 1. The fourth-order valence-corrected chi connectivity index (χ4v) is 2.82. The topological polar surface area (TPSA) is 32.3 Å². The molecule has 0 fully saturated rings. The zero-order valence-electron chi connectivity index (χ0n) is 12.0. The van der Waals surface area contributed by atoms with Crippen molar-refractivity contribution in [2.75, 3.05) is 13.1 Å². The van der Waals surface area contributed by atoms with Gasteiger partial charge in [-0.15, -0.1) is 0 Å². The third-order valence-electron chi connectivity index (χ3n) is 3.97. The third-order valence-corrected chi connectivity index (χ3v) is 3.97. The van der Waals surface area contributed by atoms with E-state index in [0.717, 1.165) is 25.9 Å². The van der Waals surface area contributed by atoms with Crippen LogP contribution in [0.1, 0.15) is 50.3 Å². The van der Waals surface area contributed by atoms with E-state index in [1.54, 1.807) is 0 Å². The summed E-state index contributed by atoms with van der Waals surface area (Å²) in [7, 11) is 0. The number of carbonyl (C=O) groups is 1. The lowest BCUT2D eigenvalue weighted by Crippen LogP contribution is -2.41. The van der Waals surface area contributed by atoms with Crippen molar-refractivity contribution in [3.05, 3.63) is 35.4 Å². The maximum atomic E-state index is 12.2. The fourth-order valence-electron chi connectivity index (χ4n) is 2.82. The number of rotatable bonds is 3. The van der Waals surface area contributed by atoms with Crippen LogP contribution in [-0.2, 0) is 6.42 Å². The van der Waals surface area contributed by atoms with Crippen LogP contribution in [0.4, 0.5) is 4.79 Å². The van der Waals surface area contributed by atoms with Crippen molar-refractivity contribution in [1.82, 2.24) is 10.2 Å². The van der Waals surface area contributed by atoms with E-state index in [0.29, 0.717) is 0 Å². The normalized spacial score (nSPS) is 18.3. The second-order valence-corrected chi connectivity index (χ2v) is 5.12. The van der Waals surface area contributed by atoms with E-state index in [-0.39, 0.29) is 12.1 Å². The molecule has 2 rings (SSSR count). The van der Waals surface area contributed by atoms with Gasteiger partial charge in [0.15, 0.2) is 0 Å². The number of hydrogen-bond acceptors (Lipinski definition) is 1. The standard InChI is InChI=1S/C16H24N2O/c1-3-18(4-2)16(19)17-15-12-8-6-10-13-9-5-7-11-14(13)15/h5,7,9,11,15H,3-4,6,8,10,12H2,1-2H3,(H,17,19). The van der Waals surface area contributed by atoms with Crippen LogP contribution in [0, 0.1) is 0 Å². The number of hydrogen-bond donors (Lipinski definition) is 1. The minimum Gasteiger partial charge on any atom is -0.331 e. The Kier molecular flexibility index (Phi) is 4.83. The zero-order valence-corrected chi connectivity index (χ0v) is 12.0. The lowest BCUT2D eigenvalue weighted by Gasteiger charge is -2.25. The molecule has 1 aromatic carbocycles. The van der Waals surface area contributed by atoms with Crippen molar-refractivity contribution in [3.63, 3.8) is 0 Å². The van der Waals surface area contributed by atoms with Gasteiger partial charge in [0.2, 0.25) is 0 Å². The predicted molar refractivity (Wildman–Crippen MR) is 78.2 cm³/mol. The second kappa shape index (κ2) is 6.60. The van der Waals surface area contributed by atoms with E-state index >= 15 is 0 Å². The quantitative estimate of drug-likeness (QED) is 0.829. The SMILES string of the molecule is CCN(CC)C(=O)NC1CCCCc2ccccc21. The molecule has 1 aliphatic rings. The van der Waals surface area contributed by atoms with Gasteiger partial charge >= 0.3 is 6.03 Å². The number of carbonyl (C=O) groups excluding carboxylic acids is 1. The fraction of sp³-hybridized carbons (Fsp3) is 0.562. The number of amides is 2. The first kappa shape index (κ1) is 13.9. The van der Waals surface area contributed by atoms with Crippen LogP contribution in [0.15, 0.2) is 24.3 Å². The van der Waals surface area contributed by atoms with Crippen LogP contribution in [0.3, 0.4) is 0 Å². The monoisotopic (exact) mass is 260 g/mol. The van der Waals surface area contributed by atoms with Crippen LogP contribution in [-0.4, -0.2) is 24.0 Å². The van der Waals surface area contributed by atoms with Crippen molar-refractivity contribution in [2.45, 2.75) is 45.6 Å². The number of benzene rings is 1. The van der Waals surface area contributed by atoms with Gasteiger partial charge in [-0.2, -0.15) is 0 Å². The largest absolute Gasteiger partial charge is 0.331 e. The van der Waals surface area contributed by atoms with Gasteiger partial charge in [0, 0.05) is 13.1 Å². The van der Waals surface area contributed by atoms with Crippen molar-refractivity contribution in [3.8, 4) is 0 Å². The smallest absolute Gasteiger partial charge is 0.317 e. The molecule has 0 aromatic heterocycles. The molecule has 0 saturated carbocycles. The molecule has 1 atom stereocenters. The average molecular weight is 260 g/mol. The summed E-state index contributed by atoms with van der Waals surface area (Å²) >= 11 is 0. The molecular formula is C16H24N2O. The van der Waals surface area contributed by atoms with E-state index in [2.05, 4.69) is 29.6 Å². The Morgan fingerprint density at radius 3 is 2.74 bits per heavy atom. The molecule has 0 bridgehead atoms. The molecule has 19 heavy (non-hydrogen) atoms. The summed E-state index contributed by atoms with van der Waals surface area (Å²) in [6.45, 7) is 5.56. The molecule has 0 aliphatic heterocycles. The lowest BCUT2D eigenvalue weighted by atomic mass is 9.99. The average Bonchev–Trinajstić information content (AvgIpc) is 2.63. The third kappa shape index (κ3) is 3.28. The Labute approximate surface area is 116 Å². The number of nitrogens with one attached hydrogen (secondary N) is 1. The molecule has 2 amide bonds. The Bertz CT molecular complexity index is 427. The van der Waals surface area contributed by atoms with Gasteiger partial charge in [-0.1, -0.05) is 30.7 Å². The van der Waals surface area contributed by atoms with E-state index in [1.165, 1.54) is 24.0 Å². The van der Waals surface area contributed by atoms with Crippen LogP contribution in [0.25, 0.3) is 0 Å². The van der Waals surface area contributed by atoms with Gasteiger partial charge in [-0.25, -0.2) is 4.79 Å². The molecular weight excluding hydrogens is 236 g/mol. The maximum absolute atomic E-state index is 12.2. The van der Waals surface area contributed by atoms with Crippen LogP contribution >= 0.6 is 0 Å². The first-order chi connectivity index (χ1) is 9.26. The minimum absolute atomic E-state index is 0.0618. The van der Waals surface area contributed by atoms with Gasteiger partial charge < -0.3 is 10.2 Å². The van der Waals surface area contributed by atoms with Gasteiger partial charge in [0.05, 0.1) is 6.04 Å². The Hall–Kier alpha value is -1.51. The first-order valence-corrected chi connectivity index (χ1v) is 7.39. The Morgan fingerprint density at radius 1 is 1.26 bits per heavy atom. The molecule has 1 N–H and O–H groups in total. The minimum atomic E-state index is 0.0618. The highest BCUT2D eigenvalue weighted by atomic mass is 16.2. The molecule has 1 aromatic rings. The van der Waals surface area contributed by atoms with E-state index in [4.69, 9.17) is 0 Å². The summed E-state index contributed by atoms with van der Waals surface area (Å²) in [5.41, 5.74) is 2.70. The summed E-state index contributed by atoms with van der Waals surface area (Å²) in [5.74, 6) is 0. The Morgan fingerprint density at radius 2 is 2.00 bits per heavy atom. The summed E-state index contributed by atoms with van der Waals surface area (Å²) in [4.78, 5) is 14.1. The highest BCUT2D eigenvalue weighted by molar-refractivity contribution is 5.74. The zero-order chi connectivity index (χ0) is 13.7. The number of fused-ring (bicyclic) bond motifs is 1. The summed E-state index contributed by atoms with van der Waals surface area (Å²) in [6.07, 6.45) is 4.57. The summed E-state index contributed by atoms with van der Waals surface area (Å²) in [6, 6.07) is 8.75. The lowest BCUT2D eigenvalue weighted by molar-refractivity contribution is 0.198. The molecule has 3 heteroatoms. The van der Waals surface area contributed by atoms with E-state index in [9.17, 15) is 4.79 Å². The van der Waals surface area contributed by atoms with Gasteiger partial charge in [-0.05, 0) is 44.2 Å². The van der Waals surface area contributed by atoms with Gasteiger partial charge in [-0.3, -0.25) is 0 Å². The summed E-state index contributed by atoms with van der Waals surface area (Å²) in [5, 5.41) is 3.20. The summed E-state index contributed by atoms with van der Waals surface area (Å²) < 4.78 is 0. The molecule has 104 valence electrons. The van der Waals surface area contributed by atoms with E-state index in [1.807, 2.05) is 18.7 Å². The van der Waals surface area contributed by atoms with Crippen molar-refractivity contribution >= 4 is 6.03 Å². The van der Waals surface area contributed by atoms with Crippen LogP contribution in [0.2, 0.25) is 0 Å². The molecule has 0 saturated heterocycles. The number of aryl methyl sites for hydroxylation is 1. The number of urea groups is 1. The molecule has 0 heterocycles. The molecule has 1 aliphatic carbocycles. The van der Waals surface area contributed by atoms with Crippen LogP contribution < -0.4 is 5.32 Å². The highest BCUT2D eigenvalue weighted by Crippen LogP contribution is 2.28. The molecule has 3 nitrogen and oxygen atoms in total. The molecule has 1 unspecified atom stereocenters. The van der Waals surface area contributed by atoms with Crippen molar-refractivity contribution in [2.24, 2.45) is 0 Å². The molecule has 0 radical (unpaired) electrons. The second-order valence-electron chi connectivity index (χ2n) is 5.12. The van der Waals surface area contributed by atoms with Crippen molar-refractivity contribution < 1.29 is 4.79 Å². The van der Waals surface area contributed by atoms with Crippen molar-refractivity contribution in [1.29, 1.82) is 0 Å². The molecule has 0 spiro atoms. The first-order valence-electron chi connectivity index (χ1n) is 7.39. The van der Waals surface area contributed by atoms with Gasteiger partial charge in [0.25, 0.3) is 0 Å². The highest BCUT2D eigenvalue weighted by Gasteiger charge is 2.21. The van der Waals surface area contributed by atoms with E-state index < -0.39 is 0 Å². The van der Waals surface area contributed by atoms with Crippen LogP contribution in [0.5, 0.6) is 0 Å². The predicted octanol–water partition coefficient (Wildman–Crippen LogP) is 3.51. The Balaban J connectivity index is 2.14.